The maximum atomic E-state index is 12.1. The number of nitrogens with one attached hydrogen (secondary N) is 1. The van der Waals surface area contributed by atoms with Gasteiger partial charge in [0.05, 0.1) is 18.2 Å². The molecule has 1 aromatic heterocycles. The lowest BCUT2D eigenvalue weighted by Crippen LogP contribution is -2.45. The molecule has 1 amide bonds. The molecule has 22 heavy (non-hydrogen) atoms. The van der Waals surface area contributed by atoms with Crippen LogP contribution in [-0.4, -0.2) is 30.3 Å². The molecule has 2 atom stereocenters. The first-order valence-corrected chi connectivity index (χ1v) is 8.15. The molecule has 1 saturated heterocycles. The zero-order chi connectivity index (χ0) is 16.3. The van der Waals surface area contributed by atoms with Crippen LogP contribution in [-0.2, 0) is 16.0 Å². The fourth-order valence-corrected chi connectivity index (χ4v) is 3.27. The van der Waals surface area contributed by atoms with E-state index in [1.807, 2.05) is 0 Å². The fourth-order valence-electron chi connectivity index (χ4n) is 3.04. The molecule has 0 spiro atoms. The Morgan fingerprint density at radius 3 is 2.77 bits per heavy atom. The topological polar surface area (TPSA) is 64.4 Å². The van der Waals surface area contributed by atoms with Gasteiger partial charge in [0, 0.05) is 24.6 Å². The molecular weight excluding hydrogens is 304 g/mol. The summed E-state index contributed by atoms with van der Waals surface area (Å²) in [6.07, 6.45) is 2.49. The summed E-state index contributed by atoms with van der Waals surface area (Å²) in [5.74, 6) is 0.281. The van der Waals surface area contributed by atoms with Gasteiger partial charge in [0.2, 0.25) is 11.1 Å². The van der Waals surface area contributed by atoms with E-state index >= 15 is 0 Å². The first-order chi connectivity index (χ1) is 10.3. The minimum Gasteiger partial charge on any atom is -0.377 e. The highest BCUT2D eigenvalue weighted by Crippen LogP contribution is 2.33. The summed E-state index contributed by atoms with van der Waals surface area (Å²) >= 11 is 5.89. The monoisotopic (exact) mass is 328 g/mol. The van der Waals surface area contributed by atoms with Gasteiger partial charge in [0.25, 0.3) is 0 Å². The molecule has 2 rings (SSSR count). The van der Waals surface area contributed by atoms with Crippen molar-refractivity contribution >= 4 is 17.5 Å². The maximum absolute atomic E-state index is 12.1. The van der Waals surface area contributed by atoms with E-state index in [4.69, 9.17) is 20.9 Å². The minimum atomic E-state index is -0.0635. The summed E-state index contributed by atoms with van der Waals surface area (Å²) in [6.45, 7) is 9.75. The number of rotatable bonds is 4. The number of aromatic nitrogens is 1. The Bertz CT molecular complexity index is 502. The molecule has 124 valence electrons. The van der Waals surface area contributed by atoms with Gasteiger partial charge >= 0.3 is 0 Å². The fraction of sp³-hybridized carbons (Fsp3) is 0.750. The largest absolute Gasteiger partial charge is 0.377 e. The second kappa shape index (κ2) is 7.01. The van der Waals surface area contributed by atoms with Gasteiger partial charge in [-0.15, -0.1) is 0 Å². The van der Waals surface area contributed by atoms with E-state index in [-0.39, 0.29) is 29.1 Å². The van der Waals surface area contributed by atoms with E-state index in [9.17, 15) is 4.79 Å². The lowest BCUT2D eigenvalue weighted by atomic mass is 9.78. The number of nitrogens with zero attached hydrogens (tertiary/aromatic N) is 1. The molecule has 0 saturated carbocycles. The van der Waals surface area contributed by atoms with Gasteiger partial charge < -0.3 is 14.6 Å². The zero-order valence-corrected chi connectivity index (χ0v) is 14.5. The molecule has 0 bridgehead atoms. The van der Waals surface area contributed by atoms with Crippen LogP contribution in [0.4, 0.5) is 0 Å². The molecule has 0 aliphatic carbocycles. The SMILES string of the molecule is Cc1noc(Cl)c1CC(=O)NC[C@H]1CCCO[C@@H]1C(C)(C)C. The number of ether oxygens (including phenoxy) is 1. The number of carbonyl (C=O) groups is 1. The standard InChI is InChI=1S/C16H25ClN2O3/c1-10-12(15(17)22-19-10)8-13(20)18-9-11-6-5-7-21-14(11)16(2,3)4/h11,14H,5-9H2,1-4H3,(H,18,20)/t11-,14+/m1/s1. The zero-order valence-electron chi connectivity index (χ0n) is 13.7. The van der Waals surface area contributed by atoms with Crippen molar-refractivity contribution in [3.05, 3.63) is 16.5 Å². The molecule has 2 heterocycles. The van der Waals surface area contributed by atoms with Crippen molar-refractivity contribution in [3.8, 4) is 0 Å². The predicted octanol–water partition coefficient (Wildman–Crippen LogP) is 3.14. The van der Waals surface area contributed by atoms with E-state index in [2.05, 4.69) is 31.2 Å². The third-order valence-electron chi connectivity index (χ3n) is 4.13. The van der Waals surface area contributed by atoms with Gasteiger partial charge in [-0.05, 0) is 36.8 Å². The van der Waals surface area contributed by atoms with Gasteiger partial charge in [-0.25, -0.2) is 0 Å². The molecule has 1 fully saturated rings. The predicted molar refractivity (Wildman–Crippen MR) is 84.9 cm³/mol. The third kappa shape index (κ3) is 4.23. The van der Waals surface area contributed by atoms with Crippen LogP contribution in [0.3, 0.4) is 0 Å². The first-order valence-electron chi connectivity index (χ1n) is 7.78. The second-order valence-corrected chi connectivity index (χ2v) is 7.40. The second-order valence-electron chi connectivity index (χ2n) is 7.06. The van der Waals surface area contributed by atoms with Crippen molar-refractivity contribution in [2.24, 2.45) is 11.3 Å². The highest BCUT2D eigenvalue weighted by Gasteiger charge is 2.35. The van der Waals surface area contributed by atoms with Crippen LogP contribution in [0.5, 0.6) is 0 Å². The Hall–Kier alpha value is -1.07. The van der Waals surface area contributed by atoms with Gasteiger partial charge in [-0.1, -0.05) is 25.9 Å². The number of carbonyl (C=O) groups excluding carboxylic acids is 1. The van der Waals surface area contributed by atoms with Crippen LogP contribution in [0, 0.1) is 18.3 Å². The van der Waals surface area contributed by atoms with Crippen LogP contribution in [0.25, 0.3) is 0 Å². The number of hydrogen-bond acceptors (Lipinski definition) is 4. The summed E-state index contributed by atoms with van der Waals surface area (Å²) < 4.78 is 10.8. The summed E-state index contributed by atoms with van der Waals surface area (Å²) in [4.78, 5) is 12.1. The molecule has 0 aromatic carbocycles. The highest BCUT2D eigenvalue weighted by atomic mass is 35.5. The average molecular weight is 329 g/mol. The number of aryl methyl sites for hydroxylation is 1. The molecule has 1 aliphatic heterocycles. The number of halogens is 1. The normalized spacial score (nSPS) is 22.6. The van der Waals surface area contributed by atoms with Crippen molar-refractivity contribution in [1.29, 1.82) is 0 Å². The summed E-state index contributed by atoms with van der Waals surface area (Å²) in [5, 5.41) is 6.95. The van der Waals surface area contributed by atoms with Gasteiger partial charge in [0.1, 0.15) is 0 Å². The Labute approximate surface area is 136 Å². The minimum absolute atomic E-state index is 0.0635. The van der Waals surface area contributed by atoms with Crippen LogP contribution in [0.15, 0.2) is 4.52 Å². The van der Waals surface area contributed by atoms with Crippen molar-refractivity contribution < 1.29 is 14.1 Å². The molecule has 1 aliphatic rings. The highest BCUT2D eigenvalue weighted by molar-refractivity contribution is 6.29. The van der Waals surface area contributed by atoms with E-state index in [1.165, 1.54) is 0 Å². The Balaban J connectivity index is 1.90. The Morgan fingerprint density at radius 1 is 1.45 bits per heavy atom. The summed E-state index contributed by atoms with van der Waals surface area (Å²) in [5.41, 5.74) is 1.39. The summed E-state index contributed by atoms with van der Waals surface area (Å²) in [6, 6.07) is 0. The lowest BCUT2D eigenvalue weighted by molar-refractivity contribution is -0.122. The number of amides is 1. The molecule has 0 radical (unpaired) electrons. The van der Waals surface area contributed by atoms with Crippen molar-refractivity contribution in [1.82, 2.24) is 10.5 Å². The van der Waals surface area contributed by atoms with Crippen molar-refractivity contribution in [2.45, 2.75) is 53.1 Å². The third-order valence-corrected chi connectivity index (χ3v) is 4.43. The molecule has 0 unspecified atom stereocenters. The van der Waals surface area contributed by atoms with E-state index < -0.39 is 0 Å². The van der Waals surface area contributed by atoms with Crippen LogP contribution in [0.2, 0.25) is 5.22 Å². The summed E-state index contributed by atoms with van der Waals surface area (Å²) in [7, 11) is 0. The first kappa shape index (κ1) is 17.3. The van der Waals surface area contributed by atoms with E-state index in [0.29, 0.717) is 23.7 Å². The Kier molecular flexibility index (Phi) is 5.50. The van der Waals surface area contributed by atoms with Crippen molar-refractivity contribution in [3.63, 3.8) is 0 Å². The van der Waals surface area contributed by atoms with E-state index in [0.717, 1.165) is 19.4 Å². The lowest BCUT2D eigenvalue weighted by Gasteiger charge is -2.40. The van der Waals surface area contributed by atoms with Gasteiger partial charge in [0.15, 0.2) is 0 Å². The van der Waals surface area contributed by atoms with Crippen LogP contribution in [0.1, 0.15) is 44.9 Å². The average Bonchev–Trinajstić information content (AvgIpc) is 2.76. The molecular formula is C16H25ClN2O3. The van der Waals surface area contributed by atoms with Gasteiger partial charge in [-0.2, -0.15) is 0 Å². The molecule has 1 N–H and O–H groups in total. The van der Waals surface area contributed by atoms with Crippen LogP contribution < -0.4 is 5.32 Å². The van der Waals surface area contributed by atoms with Crippen LogP contribution >= 0.6 is 11.6 Å². The Morgan fingerprint density at radius 2 is 2.18 bits per heavy atom. The van der Waals surface area contributed by atoms with E-state index in [1.54, 1.807) is 6.92 Å². The smallest absolute Gasteiger partial charge is 0.229 e. The molecule has 1 aromatic rings. The number of hydrogen-bond donors (Lipinski definition) is 1. The van der Waals surface area contributed by atoms with Crippen molar-refractivity contribution in [2.75, 3.05) is 13.2 Å². The molecule has 6 heteroatoms. The quantitative estimate of drug-likeness (QED) is 0.922. The maximum Gasteiger partial charge on any atom is 0.229 e. The van der Waals surface area contributed by atoms with Gasteiger partial charge in [-0.3, -0.25) is 4.79 Å². The molecule has 5 nitrogen and oxygen atoms in total.